The van der Waals surface area contributed by atoms with Crippen molar-refractivity contribution in [2.24, 2.45) is 17.8 Å². The lowest BCUT2D eigenvalue weighted by molar-refractivity contribution is -0.109. The Bertz CT molecular complexity index is 138. The van der Waals surface area contributed by atoms with Crippen LogP contribution in [-0.2, 0) is 4.79 Å². The summed E-state index contributed by atoms with van der Waals surface area (Å²) in [7, 11) is 0. The van der Waals surface area contributed by atoms with Crippen molar-refractivity contribution < 1.29 is 4.79 Å². The fraction of sp³-hybridized carbons (Fsp3) is 0.625. The molecule has 1 aliphatic carbocycles. The number of rotatable bonds is 2. The molecule has 0 radical (unpaired) electrons. The number of carbonyl (C=O) groups is 1. The van der Waals surface area contributed by atoms with Crippen LogP contribution < -0.4 is 0 Å². The Labute approximate surface area is 55.8 Å². The first-order chi connectivity index (χ1) is 4.31. The highest BCUT2D eigenvalue weighted by molar-refractivity contribution is 5.60. The first-order valence-electron chi connectivity index (χ1n) is 3.39. The molecule has 0 spiro atoms. The predicted molar refractivity (Wildman–Crippen MR) is 37.0 cm³/mol. The Morgan fingerprint density at radius 3 is 2.33 bits per heavy atom. The second-order valence-corrected chi connectivity index (χ2v) is 2.68. The molecule has 1 saturated carbocycles. The van der Waals surface area contributed by atoms with Crippen LogP contribution in [0, 0.1) is 17.8 Å². The SMILES string of the molecule is C/C=C/[C@H]1[C@@H](C)[C@@H]1C=O. The summed E-state index contributed by atoms with van der Waals surface area (Å²) < 4.78 is 0. The van der Waals surface area contributed by atoms with Gasteiger partial charge in [0.2, 0.25) is 0 Å². The van der Waals surface area contributed by atoms with Crippen LogP contribution in [0.1, 0.15) is 13.8 Å². The summed E-state index contributed by atoms with van der Waals surface area (Å²) in [6.45, 7) is 4.11. The second kappa shape index (κ2) is 2.34. The zero-order chi connectivity index (χ0) is 6.85. The summed E-state index contributed by atoms with van der Waals surface area (Å²) in [4.78, 5) is 10.2. The molecule has 0 bridgehead atoms. The maximum atomic E-state index is 10.2. The summed E-state index contributed by atoms with van der Waals surface area (Å²) in [5.74, 6) is 1.47. The van der Waals surface area contributed by atoms with Gasteiger partial charge in [-0.3, -0.25) is 0 Å². The van der Waals surface area contributed by atoms with E-state index in [9.17, 15) is 4.79 Å². The monoisotopic (exact) mass is 124 g/mol. The van der Waals surface area contributed by atoms with Gasteiger partial charge in [0.1, 0.15) is 6.29 Å². The van der Waals surface area contributed by atoms with E-state index in [1.165, 1.54) is 0 Å². The molecule has 1 nitrogen and oxygen atoms in total. The first kappa shape index (κ1) is 6.53. The summed E-state index contributed by atoms with van der Waals surface area (Å²) in [6.07, 6.45) is 5.20. The lowest BCUT2D eigenvalue weighted by Gasteiger charge is -1.76. The van der Waals surface area contributed by atoms with E-state index in [0.29, 0.717) is 17.8 Å². The van der Waals surface area contributed by atoms with E-state index < -0.39 is 0 Å². The number of allylic oxidation sites excluding steroid dienone is 2. The molecule has 9 heavy (non-hydrogen) atoms. The average Bonchev–Trinajstić information content (AvgIpc) is 2.44. The van der Waals surface area contributed by atoms with Gasteiger partial charge in [0.25, 0.3) is 0 Å². The Kier molecular flexibility index (Phi) is 1.70. The van der Waals surface area contributed by atoms with Crippen molar-refractivity contribution in [3.63, 3.8) is 0 Å². The van der Waals surface area contributed by atoms with Gasteiger partial charge in [0, 0.05) is 5.92 Å². The van der Waals surface area contributed by atoms with Gasteiger partial charge in [-0.2, -0.15) is 0 Å². The predicted octanol–water partition coefficient (Wildman–Crippen LogP) is 1.64. The minimum Gasteiger partial charge on any atom is -0.303 e. The van der Waals surface area contributed by atoms with Crippen LogP contribution in [0.2, 0.25) is 0 Å². The van der Waals surface area contributed by atoms with E-state index in [2.05, 4.69) is 13.0 Å². The van der Waals surface area contributed by atoms with E-state index in [1.807, 2.05) is 13.0 Å². The molecule has 0 N–H and O–H groups in total. The zero-order valence-electron chi connectivity index (χ0n) is 5.87. The molecule has 0 aliphatic heterocycles. The van der Waals surface area contributed by atoms with Gasteiger partial charge < -0.3 is 4.79 Å². The van der Waals surface area contributed by atoms with E-state index in [0.717, 1.165) is 6.29 Å². The second-order valence-electron chi connectivity index (χ2n) is 2.68. The van der Waals surface area contributed by atoms with Crippen LogP contribution in [0.5, 0.6) is 0 Å². The molecule has 0 heterocycles. The molecule has 0 saturated heterocycles. The van der Waals surface area contributed by atoms with Crippen molar-refractivity contribution in [1.29, 1.82) is 0 Å². The summed E-state index contributed by atoms with van der Waals surface area (Å²) in [5, 5.41) is 0. The smallest absolute Gasteiger partial charge is 0.123 e. The van der Waals surface area contributed by atoms with E-state index >= 15 is 0 Å². The van der Waals surface area contributed by atoms with Crippen molar-refractivity contribution in [1.82, 2.24) is 0 Å². The van der Waals surface area contributed by atoms with Gasteiger partial charge in [-0.15, -0.1) is 0 Å². The summed E-state index contributed by atoms with van der Waals surface area (Å²) in [6, 6.07) is 0. The number of aldehydes is 1. The van der Waals surface area contributed by atoms with Crippen LogP contribution in [0.15, 0.2) is 12.2 Å². The van der Waals surface area contributed by atoms with Crippen molar-refractivity contribution >= 4 is 6.29 Å². The Hall–Kier alpha value is -0.590. The van der Waals surface area contributed by atoms with Crippen molar-refractivity contribution in [2.45, 2.75) is 13.8 Å². The van der Waals surface area contributed by atoms with Gasteiger partial charge >= 0.3 is 0 Å². The fourth-order valence-corrected chi connectivity index (χ4v) is 1.27. The third kappa shape index (κ3) is 1.04. The van der Waals surface area contributed by atoms with Crippen LogP contribution in [0.4, 0.5) is 0 Å². The van der Waals surface area contributed by atoms with Gasteiger partial charge in [0.05, 0.1) is 0 Å². The van der Waals surface area contributed by atoms with Gasteiger partial charge in [0.15, 0.2) is 0 Å². The van der Waals surface area contributed by atoms with Crippen LogP contribution >= 0.6 is 0 Å². The normalized spacial score (nSPS) is 41.3. The largest absolute Gasteiger partial charge is 0.303 e. The zero-order valence-corrected chi connectivity index (χ0v) is 5.87. The van der Waals surface area contributed by atoms with Crippen molar-refractivity contribution in [3.8, 4) is 0 Å². The van der Waals surface area contributed by atoms with E-state index in [1.54, 1.807) is 0 Å². The quantitative estimate of drug-likeness (QED) is 0.404. The summed E-state index contributed by atoms with van der Waals surface area (Å²) in [5.41, 5.74) is 0. The van der Waals surface area contributed by atoms with E-state index in [4.69, 9.17) is 0 Å². The topological polar surface area (TPSA) is 17.1 Å². The highest BCUT2D eigenvalue weighted by atomic mass is 16.1. The molecule has 1 rings (SSSR count). The molecule has 0 aromatic rings. The maximum absolute atomic E-state index is 10.2. The van der Waals surface area contributed by atoms with Gasteiger partial charge in [-0.05, 0) is 18.8 Å². The maximum Gasteiger partial charge on any atom is 0.123 e. The van der Waals surface area contributed by atoms with Crippen molar-refractivity contribution in [3.05, 3.63) is 12.2 Å². The minimum atomic E-state index is 0.321. The van der Waals surface area contributed by atoms with E-state index in [-0.39, 0.29) is 0 Å². The molecule has 1 heteroatoms. The molecule has 0 unspecified atom stereocenters. The molecule has 50 valence electrons. The lowest BCUT2D eigenvalue weighted by atomic mass is 10.3. The summed E-state index contributed by atoms with van der Waals surface area (Å²) >= 11 is 0. The molecule has 3 atom stereocenters. The highest BCUT2D eigenvalue weighted by Gasteiger charge is 2.44. The molecule has 1 fully saturated rings. The Morgan fingerprint density at radius 2 is 2.00 bits per heavy atom. The molecule has 1 aliphatic rings. The fourth-order valence-electron chi connectivity index (χ4n) is 1.27. The number of hydrogen-bond acceptors (Lipinski definition) is 1. The average molecular weight is 124 g/mol. The molecule has 0 amide bonds. The standard InChI is InChI=1S/C8H12O/c1-3-4-7-6(2)8(7)5-9/h3-8H,1-2H3/b4-3+/t6-,7+,8+/m1/s1. The van der Waals surface area contributed by atoms with Gasteiger partial charge in [-0.25, -0.2) is 0 Å². The molecule has 0 aromatic carbocycles. The minimum absolute atomic E-state index is 0.321. The first-order valence-corrected chi connectivity index (χ1v) is 3.39. The third-order valence-corrected chi connectivity index (χ3v) is 2.09. The number of hydrogen-bond donors (Lipinski definition) is 0. The third-order valence-electron chi connectivity index (χ3n) is 2.09. The van der Waals surface area contributed by atoms with Crippen LogP contribution in [0.25, 0.3) is 0 Å². The van der Waals surface area contributed by atoms with Gasteiger partial charge in [-0.1, -0.05) is 19.1 Å². The highest BCUT2D eigenvalue weighted by Crippen LogP contribution is 2.45. The van der Waals surface area contributed by atoms with Crippen LogP contribution in [-0.4, -0.2) is 6.29 Å². The Balaban J connectivity index is 2.41. The molecular formula is C8H12O. The lowest BCUT2D eigenvalue weighted by Crippen LogP contribution is -1.77. The molecule has 0 aromatic heterocycles. The number of carbonyl (C=O) groups excluding carboxylic acids is 1. The van der Waals surface area contributed by atoms with Crippen LogP contribution in [0.3, 0.4) is 0 Å². The van der Waals surface area contributed by atoms with Crippen molar-refractivity contribution in [2.75, 3.05) is 0 Å². The Morgan fingerprint density at radius 1 is 1.33 bits per heavy atom. The molecular weight excluding hydrogens is 112 g/mol.